The highest BCUT2D eigenvalue weighted by molar-refractivity contribution is 5.78. The van der Waals surface area contributed by atoms with Crippen molar-refractivity contribution in [1.82, 2.24) is 20.4 Å². The Morgan fingerprint density at radius 2 is 1.53 bits per heavy atom. The van der Waals surface area contributed by atoms with Gasteiger partial charge in [0.25, 0.3) is 0 Å². The highest BCUT2D eigenvalue weighted by Gasteiger charge is 2.28. The van der Waals surface area contributed by atoms with Crippen LogP contribution in [0.2, 0.25) is 0 Å². The van der Waals surface area contributed by atoms with E-state index in [-0.39, 0.29) is 18.4 Å². The molecule has 0 aliphatic carbocycles. The predicted molar refractivity (Wildman–Crippen MR) is 115 cm³/mol. The second-order valence-electron chi connectivity index (χ2n) is 8.39. The third-order valence-electron chi connectivity index (χ3n) is 6.59. The van der Waals surface area contributed by atoms with E-state index < -0.39 is 0 Å². The molecule has 3 aliphatic rings. The van der Waals surface area contributed by atoms with Crippen LogP contribution in [-0.2, 0) is 9.53 Å². The van der Waals surface area contributed by atoms with Gasteiger partial charge in [0.15, 0.2) is 11.6 Å². The van der Waals surface area contributed by atoms with Gasteiger partial charge >= 0.3 is 0 Å². The molecule has 1 aromatic rings. The summed E-state index contributed by atoms with van der Waals surface area (Å²) in [6, 6.07) is 4.80. The molecule has 0 atom stereocenters. The molecule has 0 aromatic carbocycles. The SMILES string of the molecule is O=C(NCCO)C1CCN(c2ccc(N3CCC(N4CCOCC4)CC3)nn2)CC1. The van der Waals surface area contributed by atoms with E-state index in [1.54, 1.807) is 0 Å². The van der Waals surface area contributed by atoms with E-state index in [1.807, 2.05) is 0 Å². The third kappa shape index (κ3) is 5.19. The molecular weight excluding hydrogens is 384 g/mol. The fourth-order valence-electron chi connectivity index (χ4n) is 4.75. The summed E-state index contributed by atoms with van der Waals surface area (Å²) in [4.78, 5) is 19.2. The van der Waals surface area contributed by atoms with Crippen molar-refractivity contribution < 1.29 is 14.6 Å². The lowest BCUT2D eigenvalue weighted by Crippen LogP contribution is -2.49. The van der Waals surface area contributed by atoms with Crippen molar-refractivity contribution in [2.24, 2.45) is 5.92 Å². The Bertz CT molecular complexity index is 666. The number of amides is 1. The third-order valence-corrected chi connectivity index (χ3v) is 6.59. The molecule has 0 spiro atoms. The number of aromatic nitrogens is 2. The first-order valence-corrected chi connectivity index (χ1v) is 11.3. The zero-order chi connectivity index (χ0) is 20.8. The van der Waals surface area contributed by atoms with Gasteiger partial charge in [-0.25, -0.2) is 0 Å². The standard InChI is InChI=1S/C21H34N6O3/c28-14-7-22-21(29)17-3-8-26(9-4-17)19-1-2-20(24-23-19)27-10-5-18(6-11-27)25-12-15-30-16-13-25/h1-2,17-18,28H,3-16H2,(H,22,29). The maximum absolute atomic E-state index is 12.1. The average Bonchev–Trinajstić information content (AvgIpc) is 2.83. The molecule has 30 heavy (non-hydrogen) atoms. The summed E-state index contributed by atoms with van der Waals surface area (Å²) in [6.07, 6.45) is 3.93. The van der Waals surface area contributed by atoms with Crippen LogP contribution in [0.3, 0.4) is 0 Å². The number of morpholine rings is 1. The van der Waals surface area contributed by atoms with Crippen LogP contribution in [-0.4, -0.2) is 97.8 Å². The Balaban J connectivity index is 1.24. The number of carbonyl (C=O) groups excluding carboxylic acids is 1. The topological polar surface area (TPSA) is 94.1 Å². The fraction of sp³-hybridized carbons (Fsp3) is 0.762. The van der Waals surface area contributed by atoms with Crippen LogP contribution < -0.4 is 15.1 Å². The summed E-state index contributed by atoms with van der Waals surface area (Å²) in [7, 11) is 0. The van der Waals surface area contributed by atoms with Crippen molar-refractivity contribution in [3.63, 3.8) is 0 Å². The number of ether oxygens (including phenoxy) is 1. The number of anilines is 2. The molecule has 2 N–H and O–H groups in total. The van der Waals surface area contributed by atoms with E-state index in [0.29, 0.717) is 12.6 Å². The average molecular weight is 419 g/mol. The van der Waals surface area contributed by atoms with Crippen LogP contribution in [0, 0.1) is 5.92 Å². The van der Waals surface area contributed by atoms with Crippen LogP contribution in [0.15, 0.2) is 12.1 Å². The van der Waals surface area contributed by atoms with Crippen molar-refractivity contribution in [2.75, 3.05) is 75.4 Å². The molecule has 3 fully saturated rings. The number of carbonyl (C=O) groups is 1. The lowest BCUT2D eigenvalue weighted by atomic mass is 9.96. The summed E-state index contributed by atoms with van der Waals surface area (Å²) in [6.45, 7) is 7.78. The number of hydrogen-bond donors (Lipinski definition) is 2. The largest absolute Gasteiger partial charge is 0.395 e. The van der Waals surface area contributed by atoms with Gasteiger partial charge in [-0.3, -0.25) is 9.69 Å². The Kier molecular flexibility index (Phi) is 7.35. The maximum Gasteiger partial charge on any atom is 0.223 e. The van der Waals surface area contributed by atoms with Crippen LogP contribution in [0.4, 0.5) is 11.6 Å². The molecule has 4 heterocycles. The van der Waals surface area contributed by atoms with Gasteiger partial charge in [-0.05, 0) is 37.8 Å². The van der Waals surface area contributed by atoms with Gasteiger partial charge in [0.1, 0.15) is 0 Å². The number of aliphatic hydroxyl groups is 1. The minimum absolute atomic E-state index is 0.0165. The minimum Gasteiger partial charge on any atom is -0.395 e. The number of piperidine rings is 2. The van der Waals surface area contributed by atoms with Crippen molar-refractivity contribution in [3.8, 4) is 0 Å². The molecule has 0 bridgehead atoms. The second kappa shape index (κ2) is 10.4. The van der Waals surface area contributed by atoms with Crippen LogP contribution in [0.25, 0.3) is 0 Å². The Hall–Kier alpha value is -1.97. The molecule has 166 valence electrons. The van der Waals surface area contributed by atoms with Gasteiger partial charge in [-0.15, -0.1) is 10.2 Å². The maximum atomic E-state index is 12.1. The Labute approximate surface area is 178 Å². The van der Waals surface area contributed by atoms with Crippen molar-refractivity contribution in [3.05, 3.63) is 12.1 Å². The normalized spacial score (nSPS) is 22.3. The highest BCUT2D eigenvalue weighted by atomic mass is 16.5. The van der Waals surface area contributed by atoms with E-state index >= 15 is 0 Å². The first kappa shape index (κ1) is 21.3. The zero-order valence-corrected chi connectivity index (χ0v) is 17.7. The van der Waals surface area contributed by atoms with Gasteiger partial charge < -0.3 is 25.0 Å². The van der Waals surface area contributed by atoms with Crippen LogP contribution in [0.5, 0.6) is 0 Å². The molecule has 1 amide bonds. The summed E-state index contributed by atoms with van der Waals surface area (Å²) in [5.74, 6) is 1.91. The van der Waals surface area contributed by atoms with Gasteiger partial charge in [-0.1, -0.05) is 0 Å². The number of nitrogens with one attached hydrogen (secondary N) is 1. The monoisotopic (exact) mass is 418 g/mol. The summed E-state index contributed by atoms with van der Waals surface area (Å²) < 4.78 is 5.47. The number of nitrogens with zero attached hydrogens (tertiary/aromatic N) is 5. The van der Waals surface area contributed by atoms with E-state index in [9.17, 15) is 4.79 Å². The van der Waals surface area contributed by atoms with E-state index in [0.717, 1.165) is 89.8 Å². The molecule has 1 aromatic heterocycles. The van der Waals surface area contributed by atoms with Gasteiger partial charge in [0.2, 0.25) is 5.91 Å². The Morgan fingerprint density at radius 3 is 2.07 bits per heavy atom. The first-order valence-electron chi connectivity index (χ1n) is 11.3. The Morgan fingerprint density at radius 1 is 0.967 bits per heavy atom. The number of rotatable bonds is 6. The van der Waals surface area contributed by atoms with Gasteiger partial charge in [-0.2, -0.15) is 0 Å². The second-order valence-corrected chi connectivity index (χ2v) is 8.39. The zero-order valence-electron chi connectivity index (χ0n) is 17.7. The molecule has 3 aliphatic heterocycles. The van der Waals surface area contributed by atoms with Crippen LogP contribution >= 0.6 is 0 Å². The van der Waals surface area contributed by atoms with Crippen molar-refractivity contribution >= 4 is 17.5 Å². The molecule has 9 nitrogen and oxygen atoms in total. The quantitative estimate of drug-likeness (QED) is 0.672. The molecule has 9 heteroatoms. The van der Waals surface area contributed by atoms with Crippen molar-refractivity contribution in [2.45, 2.75) is 31.7 Å². The lowest BCUT2D eigenvalue weighted by Gasteiger charge is -2.40. The smallest absolute Gasteiger partial charge is 0.223 e. The number of aliphatic hydroxyl groups excluding tert-OH is 1. The summed E-state index contributed by atoms with van der Waals surface area (Å²) in [5, 5.41) is 20.6. The van der Waals surface area contributed by atoms with Crippen molar-refractivity contribution in [1.29, 1.82) is 0 Å². The fourth-order valence-corrected chi connectivity index (χ4v) is 4.75. The molecule has 0 unspecified atom stereocenters. The number of hydrogen-bond acceptors (Lipinski definition) is 8. The van der Waals surface area contributed by atoms with Gasteiger partial charge in [0, 0.05) is 57.8 Å². The van der Waals surface area contributed by atoms with Gasteiger partial charge in [0.05, 0.1) is 19.8 Å². The predicted octanol–water partition coefficient (Wildman–Crippen LogP) is 0.103. The molecular formula is C21H34N6O3. The van der Waals surface area contributed by atoms with E-state index in [1.165, 1.54) is 0 Å². The summed E-state index contributed by atoms with van der Waals surface area (Å²) in [5.41, 5.74) is 0. The van der Waals surface area contributed by atoms with E-state index in [4.69, 9.17) is 9.84 Å². The molecule has 3 saturated heterocycles. The molecule has 0 radical (unpaired) electrons. The lowest BCUT2D eigenvalue weighted by molar-refractivity contribution is -0.125. The first-order chi connectivity index (χ1) is 14.7. The summed E-state index contributed by atoms with van der Waals surface area (Å²) >= 11 is 0. The highest BCUT2D eigenvalue weighted by Crippen LogP contribution is 2.25. The molecule has 0 saturated carbocycles. The van der Waals surface area contributed by atoms with Crippen LogP contribution in [0.1, 0.15) is 25.7 Å². The van der Waals surface area contributed by atoms with E-state index in [2.05, 4.69) is 42.3 Å². The molecule has 4 rings (SSSR count). The minimum atomic E-state index is -0.0165.